The average Bonchev–Trinajstić information content (AvgIpc) is 2.03. The van der Waals surface area contributed by atoms with E-state index in [-0.39, 0.29) is 10.0 Å². The second-order valence-corrected chi connectivity index (χ2v) is 2.94. The van der Waals surface area contributed by atoms with Gasteiger partial charge in [0.1, 0.15) is 5.56 Å². The molecule has 1 heterocycles. The van der Waals surface area contributed by atoms with Gasteiger partial charge in [-0.2, -0.15) is 0 Å². The van der Waals surface area contributed by atoms with Crippen molar-refractivity contribution in [3.63, 3.8) is 0 Å². The van der Waals surface area contributed by atoms with Crippen LogP contribution < -0.4 is 0 Å². The lowest BCUT2D eigenvalue weighted by Crippen LogP contribution is -2.00. The monoisotopic (exact) mass is 246 g/mol. The predicted octanol–water partition coefficient (Wildman–Crippen LogP) is 1.45. The van der Waals surface area contributed by atoms with Crippen LogP contribution in [0.5, 0.6) is 0 Å². The van der Waals surface area contributed by atoms with Crippen LogP contribution in [0.4, 0.5) is 5.82 Å². The van der Waals surface area contributed by atoms with Crippen molar-refractivity contribution in [2.75, 3.05) is 0 Å². The molecule has 0 unspecified atom stereocenters. The van der Waals surface area contributed by atoms with Gasteiger partial charge in [0.15, 0.2) is 6.20 Å². The summed E-state index contributed by atoms with van der Waals surface area (Å²) >= 11 is 2.89. The van der Waals surface area contributed by atoms with Gasteiger partial charge in [-0.3, -0.25) is 0 Å². The molecule has 0 saturated carbocycles. The molecule has 0 saturated heterocycles. The van der Waals surface area contributed by atoms with Crippen LogP contribution in [0.25, 0.3) is 0 Å². The number of carboxylic acids is 1. The normalized spacial score (nSPS) is 9.62. The van der Waals surface area contributed by atoms with E-state index in [2.05, 4.69) is 20.9 Å². The SMILES string of the molecule is O=C(O)c1cnc([N+](=O)[O-])cc1Br. The summed E-state index contributed by atoms with van der Waals surface area (Å²) in [7, 11) is 0. The number of hydrogen-bond donors (Lipinski definition) is 1. The van der Waals surface area contributed by atoms with Gasteiger partial charge in [0.05, 0.1) is 6.07 Å². The molecule has 0 atom stereocenters. The van der Waals surface area contributed by atoms with E-state index in [1.54, 1.807) is 0 Å². The minimum absolute atomic E-state index is 0.106. The third-order valence-electron chi connectivity index (χ3n) is 1.26. The molecule has 1 N–H and O–H groups in total. The molecular weight excluding hydrogens is 244 g/mol. The number of nitro groups is 1. The van der Waals surface area contributed by atoms with Crippen LogP contribution in [0.3, 0.4) is 0 Å². The number of pyridine rings is 1. The number of aromatic carboxylic acids is 1. The first kappa shape index (κ1) is 9.59. The Hall–Kier alpha value is -1.50. The van der Waals surface area contributed by atoms with Crippen molar-refractivity contribution < 1.29 is 14.8 Å². The number of hydrogen-bond acceptors (Lipinski definition) is 4. The first-order valence-corrected chi connectivity index (χ1v) is 3.85. The van der Waals surface area contributed by atoms with Crippen molar-refractivity contribution in [1.29, 1.82) is 0 Å². The molecule has 1 aromatic rings. The van der Waals surface area contributed by atoms with Crippen LogP contribution in [0, 0.1) is 10.1 Å². The Balaban J connectivity index is 3.20. The molecule has 1 aromatic heterocycles. The quantitative estimate of drug-likeness (QED) is 0.630. The van der Waals surface area contributed by atoms with Crippen LogP contribution in [-0.4, -0.2) is 21.0 Å². The second-order valence-electron chi connectivity index (χ2n) is 2.08. The molecule has 0 aromatic carbocycles. The highest BCUT2D eigenvalue weighted by molar-refractivity contribution is 9.10. The summed E-state index contributed by atoms with van der Waals surface area (Å²) < 4.78 is 0.140. The fourth-order valence-corrected chi connectivity index (χ4v) is 1.15. The summed E-state index contributed by atoms with van der Waals surface area (Å²) in [4.78, 5) is 23.3. The number of carbonyl (C=O) groups is 1. The molecule has 0 amide bonds. The maximum atomic E-state index is 10.5. The van der Waals surface area contributed by atoms with Crippen molar-refractivity contribution in [2.24, 2.45) is 0 Å². The predicted molar refractivity (Wildman–Crippen MR) is 45.6 cm³/mol. The van der Waals surface area contributed by atoms with Gasteiger partial charge in [0.2, 0.25) is 0 Å². The van der Waals surface area contributed by atoms with Gasteiger partial charge in [-0.25, -0.2) is 4.79 Å². The maximum Gasteiger partial charge on any atom is 0.364 e. The standard InChI is InChI=1S/C6H3BrN2O4/c7-4-1-5(9(12)13)8-2-3(4)6(10)11/h1-2H,(H,10,11). The number of carboxylic acid groups (broad SMARTS) is 1. The largest absolute Gasteiger partial charge is 0.478 e. The Bertz CT molecular complexity index is 379. The van der Waals surface area contributed by atoms with E-state index < -0.39 is 16.7 Å². The molecule has 68 valence electrons. The van der Waals surface area contributed by atoms with Gasteiger partial charge < -0.3 is 15.2 Å². The molecule has 0 aliphatic carbocycles. The minimum atomic E-state index is -1.19. The summed E-state index contributed by atoms with van der Waals surface area (Å²) in [6.45, 7) is 0. The van der Waals surface area contributed by atoms with E-state index in [9.17, 15) is 14.9 Å². The first-order valence-electron chi connectivity index (χ1n) is 3.05. The lowest BCUT2D eigenvalue weighted by Gasteiger charge is -1.95. The van der Waals surface area contributed by atoms with Crippen molar-refractivity contribution in [2.45, 2.75) is 0 Å². The Kier molecular flexibility index (Phi) is 2.57. The molecule has 0 fully saturated rings. The molecule has 6 nitrogen and oxygen atoms in total. The highest BCUT2D eigenvalue weighted by atomic mass is 79.9. The van der Waals surface area contributed by atoms with Crippen molar-refractivity contribution in [3.05, 3.63) is 32.4 Å². The van der Waals surface area contributed by atoms with Crippen LogP contribution in [0.1, 0.15) is 10.4 Å². The van der Waals surface area contributed by atoms with E-state index in [0.717, 1.165) is 12.3 Å². The van der Waals surface area contributed by atoms with Gasteiger partial charge in [-0.1, -0.05) is 0 Å². The van der Waals surface area contributed by atoms with E-state index >= 15 is 0 Å². The van der Waals surface area contributed by atoms with Crippen LogP contribution >= 0.6 is 15.9 Å². The minimum Gasteiger partial charge on any atom is -0.478 e. The fraction of sp³-hybridized carbons (Fsp3) is 0. The third kappa shape index (κ3) is 2.00. The van der Waals surface area contributed by atoms with Crippen molar-refractivity contribution in [3.8, 4) is 0 Å². The van der Waals surface area contributed by atoms with Gasteiger partial charge in [0.25, 0.3) is 0 Å². The number of halogens is 1. The average molecular weight is 247 g/mol. The summed E-state index contributed by atoms with van der Waals surface area (Å²) in [5.41, 5.74) is -0.106. The maximum absolute atomic E-state index is 10.5. The molecule has 0 spiro atoms. The zero-order chi connectivity index (χ0) is 10.0. The van der Waals surface area contributed by atoms with Crippen molar-refractivity contribution >= 4 is 27.7 Å². The van der Waals surface area contributed by atoms with E-state index in [4.69, 9.17) is 5.11 Å². The molecule has 0 radical (unpaired) electrons. The van der Waals surface area contributed by atoms with Crippen LogP contribution in [-0.2, 0) is 0 Å². The van der Waals surface area contributed by atoms with E-state index in [1.807, 2.05) is 0 Å². The van der Waals surface area contributed by atoms with Gasteiger partial charge in [0, 0.05) is 4.47 Å². The highest BCUT2D eigenvalue weighted by Crippen LogP contribution is 2.20. The summed E-state index contributed by atoms with van der Waals surface area (Å²) in [6.07, 6.45) is 0.935. The molecule has 0 aliphatic heterocycles. The zero-order valence-electron chi connectivity index (χ0n) is 6.10. The van der Waals surface area contributed by atoms with Gasteiger partial charge >= 0.3 is 11.8 Å². The Morgan fingerprint density at radius 1 is 1.69 bits per heavy atom. The Morgan fingerprint density at radius 2 is 2.31 bits per heavy atom. The second kappa shape index (κ2) is 3.48. The molecule has 0 aliphatic rings. The van der Waals surface area contributed by atoms with Crippen LogP contribution in [0.2, 0.25) is 0 Å². The molecular formula is C6H3BrN2O4. The zero-order valence-corrected chi connectivity index (χ0v) is 7.69. The summed E-state index contributed by atoms with van der Waals surface area (Å²) in [5.74, 6) is -1.58. The number of nitrogens with zero attached hydrogens (tertiary/aromatic N) is 2. The highest BCUT2D eigenvalue weighted by Gasteiger charge is 2.15. The third-order valence-corrected chi connectivity index (χ3v) is 1.91. The molecule has 13 heavy (non-hydrogen) atoms. The fourth-order valence-electron chi connectivity index (χ4n) is 0.678. The van der Waals surface area contributed by atoms with Gasteiger partial charge in [-0.05, 0) is 25.8 Å². The first-order chi connectivity index (χ1) is 6.02. The Labute approximate surface area is 80.5 Å². The summed E-state index contributed by atoms with van der Waals surface area (Å²) in [6, 6.07) is 1.05. The van der Waals surface area contributed by atoms with E-state index in [1.165, 1.54) is 0 Å². The molecule has 7 heteroatoms. The topological polar surface area (TPSA) is 93.3 Å². The van der Waals surface area contributed by atoms with Crippen molar-refractivity contribution in [1.82, 2.24) is 4.98 Å². The molecule has 0 bridgehead atoms. The van der Waals surface area contributed by atoms with Crippen LogP contribution in [0.15, 0.2) is 16.7 Å². The number of rotatable bonds is 2. The smallest absolute Gasteiger partial charge is 0.364 e. The number of aromatic nitrogens is 1. The van der Waals surface area contributed by atoms with Gasteiger partial charge in [-0.15, -0.1) is 0 Å². The Morgan fingerprint density at radius 3 is 2.69 bits per heavy atom. The molecule has 1 rings (SSSR count). The summed E-state index contributed by atoms with van der Waals surface area (Å²) in [5, 5.41) is 18.8. The van der Waals surface area contributed by atoms with E-state index in [0.29, 0.717) is 0 Å². The lowest BCUT2D eigenvalue weighted by molar-refractivity contribution is -0.389. The lowest BCUT2D eigenvalue weighted by atomic mass is 10.3.